The molecule has 54 valence electrons. The zero-order chi connectivity index (χ0) is 6.69. The van der Waals surface area contributed by atoms with Crippen LogP contribution in [0.3, 0.4) is 0 Å². The fraction of sp³-hybridized carbons (Fsp3) is 1.00. The van der Waals surface area contributed by atoms with Crippen LogP contribution in [0, 0.1) is 0 Å². The Kier molecular flexibility index (Phi) is 2.45. The van der Waals surface area contributed by atoms with Crippen molar-refractivity contribution in [3.8, 4) is 0 Å². The minimum atomic E-state index is 0.281. The maximum absolute atomic E-state index is 5.34. The fourth-order valence-electron chi connectivity index (χ4n) is 1.14. The molecule has 1 saturated heterocycles. The summed E-state index contributed by atoms with van der Waals surface area (Å²) in [5, 5.41) is 0. The molecule has 0 radical (unpaired) electrons. The first kappa shape index (κ1) is 6.99. The van der Waals surface area contributed by atoms with Gasteiger partial charge in [-0.25, -0.2) is 0 Å². The Labute approximate surface area is 55.5 Å². The average Bonchev–Trinajstić information content (AvgIpc) is 1.89. The van der Waals surface area contributed by atoms with Crippen molar-refractivity contribution in [2.75, 3.05) is 6.61 Å². The Morgan fingerprint density at radius 3 is 2.89 bits per heavy atom. The highest BCUT2D eigenvalue weighted by molar-refractivity contribution is 4.74. The van der Waals surface area contributed by atoms with Crippen LogP contribution in [0.2, 0.25) is 0 Å². The topological polar surface area (TPSA) is 47.3 Å². The smallest absolute Gasteiger partial charge is 0.0713 e. The predicted octanol–water partition coefficient (Wildman–Crippen LogP) is 0.0172. The third-order valence-electron chi connectivity index (χ3n) is 1.82. The minimum absolute atomic E-state index is 0.281. The molecule has 0 amide bonds. The average molecular weight is 130 g/mol. The van der Waals surface area contributed by atoms with Crippen molar-refractivity contribution in [2.24, 2.45) is 5.84 Å². The molecule has 0 unspecified atom stereocenters. The molecular formula is C6H14N2O. The third kappa shape index (κ3) is 1.64. The summed E-state index contributed by atoms with van der Waals surface area (Å²) in [6.45, 7) is 2.93. The lowest BCUT2D eigenvalue weighted by Crippen LogP contribution is -2.46. The molecule has 0 spiro atoms. The van der Waals surface area contributed by atoms with Gasteiger partial charge in [0.05, 0.1) is 6.10 Å². The van der Waals surface area contributed by atoms with Crippen LogP contribution in [0.5, 0.6) is 0 Å². The van der Waals surface area contributed by atoms with Crippen LogP contribution in [0.25, 0.3) is 0 Å². The molecule has 3 nitrogen and oxygen atoms in total. The van der Waals surface area contributed by atoms with Gasteiger partial charge >= 0.3 is 0 Å². The number of hydrazine groups is 1. The summed E-state index contributed by atoms with van der Waals surface area (Å²) >= 11 is 0. The Bertz CT molecular complexity index is 87.1. The largest absolute Gasteiger partial charge is 0.377 e. The number of hydrogen-bond donors (Lipinski definition) is 2. The Balaban J connectivity index is 2.30. The lowest BCUT2D eigenvalue weighted by atomic mass is 10.1. The van der Waals surface area contributed by atoms with Crippen molar-refractivity contribution in [3.63, 3.8) is 0 Å². The fourth-order valence-corrected chi connectivity index (χ4v) is 1.14. The minimum Gasteiger partial charge on any atom is -0.377 e. The van der Waals surface area contributed by atoms with Crippen molar-refractivity contribution < 1.29 is 4.74 Å². The summed E-state index contributed by atoms with van der Waals surface area (Å²) in [6.07, 6.45) is 2.54. The van der Waals surface area contributed by atoms with Gasteiger partial charge in [-0.15, -0.1) is 0 Å². The van der Waals surface area contributed by atoms with E-state index in [1.54, 1.807) is 0 Å². The van der Waals surface area contributed by atoms with E-state index in [4.69, 9.17) is 10.6 Å². The van der Waals surface area contributed by atoms with E-state index in [2.05, 4.69) is 5.43 Å². The summed E-state index contributed by atoms with van der Waals surface area (Å²) in [5.74, 6) is 5.26. The van der Waals surface area contributed by atoms with Gasteiger partial charge in [0.25, 0.3) is 0 Å². The molecule has 1 fully saturated rings. The highest BCUT2D eigenvalue weighted by Gasteiger charge is 2.19. The van der Waals surface area contributed by atoms with Crippen LogP contribution in [-0.2, 0) is 4.74 Å². The van der Waals surface area contributed by atoms with Crippen LogP contribution >= 0.6 is 0 Å². The first-order chi connectivity index (χ1) is 4.34. The Morgan fingerprint density at radius 1 is 1.67 bits per heavy atom. The van der Waals surface area contributed by atoms with Crippen LogP contribution < -0.4 is 11.3 Å². The summed E-state index contributed by atoms with van der Waals surface area (Å²) in [5.41, 5.74) is 2.73. The number of nitrogens with one attached hydrogen (secondary N) is 1. The molecule has 0 bridgehead atoms. The number of ether oxygens (including phenoxy) is 1. The van der Waals surface area contributed by atoms with E-state index in [-0.39, 0.29) is 6.10 Å². The molecule has 0 aromatic heterocycles. The summed E-state index contributed by atoms with van der Waals surface area (Å²) in [6, 6.07) is 0.360. The zero-order valence-electron chi connectivity index (χ0n) is 5.76. The SMILES string of the molecule is C[C@@H]1OCCC[C@@H]1NN. The second kappa shape index (κ2) is 3.15. The van der Waals surface area contributed by atoms with Gasteiger partial charge in [0.2, 0.25) is 0 Å². The van der Waals surface area contributed by atoms with Crippen molar-refractivity contribution in [1.82, 2.24) is 5.43 Å². The molecule has 3 heteroatoms. The number of hydrogen-bond acceptors (Lipinski definition) is 3. The normalized spacial score (nSPS) is 36.7. The van der Waals surface area contributed by atoms with Crippen molar-refractivity contribution in [3.05, 3.63) is 0 Å². The van der Waals surface area contributed by atoms with E-state index in [0.29, 0.717) is 6.04 Å². The van der Waals surface area contributed by atoms with Gasteiger partial charge in [-0.05, 0) is 19.8 Å². The Morgan fingerprint density at radius 2 is 2.44 bits per heavy atom. The number of rotatable bonds is 1. The molecule has 1 aliphatic rings. The second-order valence-corrected chi connectivity index (χ2v) is 2.49. The first-order valence-electron chi connectivity index (χ1n) is 3.42. The lowest BCUT2D eigenvalue weighted by Gasteiger charge is -2.27. The summed E-state index contributed by atoms with van der Waals surface area (Å²) in [4.78, 5) is 0. The molecule has 1 heterocycles. The Hall–Kier alpha value is -0.120. The van der Waals surface area contributed by atoms with Crippen LogP contribution in [0.1, 0.15) is 19.8 Å². The quantitative estimate of drug-likeness (QED) is 0.388. The molecule has 1 rings (SSSR count). The predicted molar refractivity (Wildman–Crippen MR) is 35.8 cm³/mol. The molecular weight excluding hydrogens is 116 g/mol. The standard InChI is InChI=1S/C6H14N2O/c1-5-6(8-7)3-2-4-9-5/h5-6,8H,2-4,7H2,1H3/t5-,6-/m0/s1. The van der Waals surface area contributed by atoms with Crippen molar-refractivity contribution in [2.45, 2.75) is 31.9 Å². The summed E-state index contributed by atoms with van der Waals surface area (Å²) in [7, 11) is 0. The van der Waals surface area contributed by atoms with Gasteiger partial charge in [-0.2, -0.15) is 0 Å². The molecule has 0 saturated carbocycles. The van der Waals surface area contributed by atoms with Gasteiger partial charge < -0.3 is 4.74 Å². The molecule has 0 aromatic rings. The van der Waals surface area contributed by atoms with Crippen LogP contribution in [0.15, 0.2) is 0 Å². The first-order valence-corrected chi connectivity index (χ1v) is 3.42. The lowest BCUT2D eigenvalue weighted by molar-refractivity contribution is 0.00302. The van der Waals surface area contributed by atoms with E-state index in [0.717, 1.165) is 19.4 Å². The van der Waals surface area contributed by atoms with E-state index in [1.165, 1.54) is 0 Å². The maximum atomic E-state index is 5.34. The molecule has 0 aromatic carbocycles. The van der Waals surface area contributed by atoms with Gasteiger partial charge in [-0.3, -0.25) is 11.3 Å². The van der Waals surface area contributed by atoms with Crippen molar-refractivity contribution in [1.29, 1.82) is 0 Å². The van der Waals surface area contributed by atoms with Gasteiger partial charge in [0.15, 0.2) is 0 Å². The third-order valence-corrected chi connectivity index (χ3v) is 1.82. The van der Waals surface area contributed by atoms with E-state index < -0.39 is 0 Å². The highest BCUT2D eigenvalue weighted by atomic mass is 16.5. The zero-order valence-corrected chi connectivity index (χ0v) is 5.76. The summed E-state index contributed by atoms with van der Waals surface area (Å²) < 4.78 is 5.34. The number of nitrogens with two attached hydrogens (primary N) is 1. The van der Waals surface area contributed by atoms with Gasteiger partial charge in [0.1, 0.15) is 0 Å². The van der Waals surface area contributed by atoms with Gasteiger partial charge in [0, 0.05) is 12.6 Å². The van der Waals surface area contributed by atoms with Gasteiger partial charge in [-0.1, -0.05) is 0 Å². The second-order valence-electron chi connectivity index (χ2n) is 2.49. The monoisotopic (exact) mass is 130 g/mol. The molecule has 2 atom stereocenters. The van der Waals surface area contributed by atoms with Crippen LogP contribution in [-0.4, -0.2) is 18.8 Å². The van der Waals surface area contributed by atoms with E-state index >= 15 is 0 Å². The molecule has 9 heavy (non-hydrogen) atoms. The van der Waals surface area contributed by atoms with E-state index in [1.807, 2.05) is 6.92 Å². The molecule has 3 N–H and O–H groups in total. The highest BCUT2D eigenvalue weighted by Crippen LogP contribution is 2.11. The molecule has 1 aliphatic heterocycles. The van der Waals surface area contributed by atoms with Crippen LogP contribution in [0.4, 0.5) is 0 Å². The van der Waals surface area contributed by atoms with E-state index in [9.17, 15) is 0 Å². The van der Waals surface area contributed by atoms with Crippen molar-refractivity contribution >= 4 is 0 Å². The molecule has 0 aliphatic carbocycles. The maximum Gasteiger partial charge on any atom is 0.0713 e.